The summed E-state index contributed by atoms with van der Waals surface area (Å²) in [6.07, 6.45) is 0. The molecule has 0 bridgehead atoms. The number of rotatable bonds is 3. The van der Waals surface area contributed by atoms with Crippen molar-refractivity contribution in [3.63, 3.8) is 0 Å². The third-order valence-corrected chi connectivity index (χ3v) is 2.89. The Morgan fingerprint density at radius 3 is 2.33 bits per heavy atom. The van der Waals surface area contributed by atoms with Crippen LogP contribution >= 0.6 is 0 Å². The summed E-state index contributed by atoms with van der Waals surface area (Å²) in [5.74, 6) is 0.425. The largest absolute Gasteiger partial charge is 0.497 e. The molecule has 0 aromatic heterocycles. The maximum Gasteiger partial charge on any atom is 0.118 e. The van der Waals surface area contributed by atoms with Crippen molar-refractivity contribution in [2.75, 3.05) is 12.8 Å². The average Bonchev–Trinajstić information content (AvgIpc) is 2.42. The number of anilines is 1. The van der Waals surface area contributed by atoms with Crippen LogP contribution in [0.15, 0.2) is 48.5 Å². The number of nitriles is 1. The molecule has 0 aliphatic heterocycles. The fraction of sp³-hybridized carbons (Fsp3) is 0.133. The van der Waals surface area contributed by atoms with Gasteiger partial charge in [-0.15, -0.1) is 0 Å². The Morgan fingerprint density at radius 2 is 1.78 bits per heavy atom. The van der Waals surface area contributed by atoms with E-state index in [4.69, 9.17) is 10.5 Å². The summed E-state index contributed by atoms with van der Waals surface area (Å²) in [4.78, 5) is 0. The van der Waals surface area contributed by atoms with Gasteiger partial charge in [0.1, 0.15) is 5.75 Å². The summed E-state index contributed by atoms with van der Waals surface area (Å²) < 4.78 is 5.10. The smallest absolute Gasteiger partial charge is 0.118 e. The third-order valence-electron chi connectivity index (χ3n) is 2.89. The Bertz CT molecular complexity index is 570. The van der Waals surface area contributed by atoms with Gasteiger partial charge >= 0.3 is 0 Å². The Balaban J connectivity index is 2.40. The number of nitrogens with zero attached hydrogens (tertiary/aromatic N) is 1. The lowest BCUT2D eigenvalue weighted by molar-refractivity contribution is 0.414. The predicted octanol–water partition coefficient (Wildman–Crippen LogP) is 2.93. The first-order chi connectivity index (χ1) is 8.76. The summed E-state index contributed by atoms with van der Waals surface area (Å²) in [6.45, 7) is 0. The first-order valence-electron chi connectivity index (χ1n) is 5.64. The van der Waals surface area contributed by atoms with Crippen LogP contribution in [0.3, 0.4) is 0 Å². The van der Waals surface area contributed by atoms with Crippen LogP contribution in [0.25, 0.3) is 0 Å². The molecule has 1 atom stereocenters. The van der Waals surface area contributed by atoms with Crippen LogP contribution in [-0.2, 0) is 0 Å². The second-order valence-electron chi connectivity index (χ2n) is 3.96. The first-order valence-corrected chi connectivity index (χ1v) is 5.64. The summed E-state index contributed by atoms with van der Waals surface area (Å²) in [7, 11) is 1.62. The molecule has 0 spiro atoms. The van der Waals surface area contributed by atoms with Crippen molar-refractivity contribution >= 4 is 5.69 Å². The number of para-hydroxylation sites is 1. The molecule has 18 heavy (non-hydrogen) atoms. The van der Waals surface area contributed by atoms with Crippen LogP contribution in [0.1, 0.15) is 17.0 Å². The normalized spacial score (nSPS) is 11.6. The maximum absolute atomic E-state index is 9.35. The molecule has 0 saturated heterocycles. The summed E-state index contributed by atoms with van der Waals surface area (Å²) in [5, 5.41) is 9.35. The van der Waals surface area contributed by atoms with Gasteiger partial charge in [-0.05, 0) is 29.3 Å². The summed E-state index contributed by atoms with van der Waals surface area (Å²) in [6, 6.07) is 17.2. The van der Waals surface area contributed by atoms with E-state index >= 15 is 0 Å². The number of nitrogen functional groups attached to an aromatic ring is 1. The fourth-order valence-corrected chi connectivity index (χ4v) is 1.89. The van der Waals surface area contributed by atoms with E-state index in [1.165, 1.54) is 0 Å². The van der Waals surface area contributed by atoms with E-state index in [2.05, 4.69) is 6.07 Å². The second-order valence-corrected chi connectivity index (χ2v) is 3.96. The highest BCUT2D eigenvalue weighted by atomic mass is 16.5. The number of hydrogen-bond donors (Lipinski definition) is 1. The van der Waals surface area contributed by atoms with Crippen LogP contribution < -0.4 is 10.5 Å². The molecule has 1 unspecified atom stereocenters. The van der Waals surface area contributed by atoms with E-state index in [0.717, 1.165) is 16.9 Å². The number of nitrogens with two attached hydrogens (primary N) is 1. The van der Waals surface area contributed by atoms with Crippen LogP contribution in [-0.4, -0.2) is 7.11 Å². The first kappa shape index (κ1) is 12.0. The molecule has 0 heterocycles. The van der Waals surface area contributed by atoms with Crippen molar-refractivity contribution in [3.8, 4) is 11.8 Å². The Morgan fingerprint density at radius 1 is 1.11 bits per heavy atom. The Hall–Kier alpha value is -2.47. The lowest BCUT2D eigenvalue weighted by Crippen LogP contribution is -2.02. The SMILES string of the molecule is COc1ccc(C(C#N)c2ccccc2N)cc1. The van der Waals surface area contributed by atoms with Crippen LogP contribution in [0.2, 0.25) is 0 Å². The molecule has 3 nitrogen and oxygen atoms in total. The van der Waals surface area contributed by atoms with Gasteiger partial charge in [-0.1, -0.05) is 30.3 Å². The van der Waals surface area contributed by atoms with E-state index in [-0.39, 0.29) is 5.92 Å². The van der Waals surface area contributed by atoms with Crippen molar-refractivity contribution < 1.29 is 4.74 Å². The molecule has 90 valence electrons. The number of ether oxygens (including phenoxy) is 1. The molecule has 0 aliphatic rings. The fourth-order valence-electron chi connectivity index (χ4n) is 1.89. The molecule has 2 rings (SSSR count). The molecule has 2 N–H and O–H groups in total. The minimum absolute atomic E-state index is 0.350. The highest BCUT2D eigenvalue weighted by molar-refractivity contribution is 5.54. The van der Waals surface area contributed by atoms with Gasteiger partial charge in [0, 0.05) is 5.69 Å². The van der Waals surface area contributed by atoms with Crippen LogP contribution in [0, 0.1) is 11.3 Å². The third kappa shape index (κ3) is 2.28. The van der Waals surface area contributed by atoms with Crippen LogP contribution in [0.4, 0.5) is 5.69 Å². The Labute approximate surface area is 106 Å². The quantitative estimate of drug-likeness (QED) is 0.836. The van der Waals surface area contributed by atoms with Gasteiger partial charge in [-0.25, -0.2) is 0 Å². The highest BCUT2D eigenvalue weighted by Crippen LogP contribution is 2.29. The predicted molar refractivity (Wildman–Crippen MR) is 71.3 cm³/mol. The molecular formula is C15H14N2O. The summed E-state index contributed by atoms with van der Waals surface area (Å²) in [5.41, 5.74) is 8.30. The van der Waals surface area contributed by atoms with Gasteiger partial charge in [0.25, 0.3) is 0 Å². The molecule has 0 fully saturated rings. The molecule has 0 saturated carbocycles. The number of methoxy groups -OCH3 is 1. The monoisotopic (exact) mass is 238 g/mol. The minimum atomic E-state index is -0.350. The van der Waals surface area contributed by atoms with Crippen molar-refractivity contribution in [1.29, 1.82) is 5.26 Å². The van der Waals surface area contributed by atoms with Crippen molar-refractivity contribution in [3.05, 3.63) is 59.7 Å². The van der Waals surface area contributed by atoms with Crippen molar-refractivity contribution in [1.82, 2.24) is 0 Å². The maximum atomic E-state index is 9.35. The zero-order valence-corrected chi connectivity index (χ0v) is 10.1. The topological polar surface area (TPSA) is 59.0 Å². The van der Waals surface area contributed by atoms with E-state index in [0.29, 0.717) is 5.69 Å². The van der Waals surface area contributed by atoms with Gasteiger partial charge in [0.2, 0.25) is 0 Å². The van der Waals surface area contributed by atoms with E-state index in [1.54, 1.807) is 7.11 Å². The van der Waals surface area contributed by atoms with Crippen molar-refractivity contribution in [2.45, 2.75) is 5.92 Å². The van der Waals surface area contributed by atoms with Gasteiger partial charge in [-0.2, -0.15) is 5.26 Å². The van der Waals surface area contributed by atoms with E-state index in [1.807, 2.05) is 48.5 Å². The molecule has 0 aliphatic carbocycles. The lowest BCUT2D eigenvalue weighted by Gasteiger charge is -2.12. The van der Waals surface area contributed by atoms with Crippen molar-refractivity contribution in [2.24, 2.45) is 0 Å². The number of benzene rings is 2. The minimum Gasteiger partial charge on any atom is -0.497 e. The standard InChI is InChI=1S/C15H14N2O/c1-18-12-8-6-11(7-9-12)14(10-16)13-4-2-3-5-15(13)17/h2-9,14H,17H2,1H3. The molecule has 2 aromatic rings. The van der Waals surface area contributed by atoms with Gasteiger partial charge in [0.05, 0.1) is 19.1 Å². The Kier molecular flexibility index (Phi) is 3.49. The number of hydrogen-bond acceptors (Lipinski definition) is 3. The van der Waals surface area contributed by atoms with Gasteiger partial charge in [0.15, 0.2) is 0 Å². The summed E-state index contributed by atoms with van der Waals surface area (Å²) >= 11 is 0. The molecular weight excluding hydrogens is 224 g/mol. The molecule has 0 radical (unpaired) electrons. The zero-order valence-electron chi connectivity index (χ0n) is 10.1. The van der Waals surface area contributed by atoms with Gasteiger partial charge in [-0.3, -0.25) is 0 Å². The molecule has 2 aromatic carbocycles. The average molecular weight is 238 g/mol. The zero-order chi connectivity index (χ0) is 13.0. The lowest BCUT2D eigenvalue weighted by atomic mass is 9.91. The molecule has 3 heteroatoms. The second kappa shape index (κ2) is 5.24. The molecule has 0 amide bonds. The highest BCUT2D eigenvalue weighted by Gasteiger charge is 2.15. The van der Waals surface area contributed by atoms with E-state index < -0.39 is 0 Å². The van der Waals surface area contributed by atoms with Crippen LogP contribution in [0.5, 0.6) is 5.75 Å². The van der Waals surface area contributed by atoms with E-state index in [9.17, 15) is 5.26 Å². The van der Waals surface area contributed by atoms with Gasteiger partial charge < -0.3 is 10.5 Å².